The molecule has 3 aliphatic rings. The first-order valence-electron chi connectivity index (χ1n) is 7.90. The molecular formula is C17H22O5. The van der Waals surface area contributed by atoms with E-state index in [0.29, 0.717) is 18.4 Å². The SMILES string of the molecule is COc1ccc2c(c1)OC[C@H]1C3CCC(OC)C(O)C3O[C@@H]21. The summed E-state index contributed by atoms with van der Waals surface area (Å²) in [7, 11) is 3.30. The van der Waals surface area contributed by atoms with Crippen LogP contribution in [0.2, 0.25) is 0 Å². The van der Waals surface area contributed by atoms with Gasteiger partial charge < -0.3 is 24.1 Å². The van der Waals surface area contributed by atoms with Crippen molar-refractivity contribution in [3.8, 4) is 11.5 Å². The van der Waals surface area contributed by atoms with Crippen molar-refractivity contribution in [2.24, 2.45) is 11.8 Å². The van der Waals surface area contributed by atoms with Gasteiger partial charge in [0, 0.05) is 24.7 Å². The van der Waals surface area contributed by atoms with E-state index >= 15 is 0 Å². The minimum atomic E-state index is -0.559. The molecule has 1 aromatic carbocycles. The van der Waals surface area contributed by atoms with Crippen molar-refractivity contribution in [3.05, 3.63) is 23.8 Å². The third-order valence-corrected chi connectivity index (χ3v) is 5.43. The van der Waals surface area contributed by atoms with Gasteiger partial charge >= 0.3 is 0 Å². The van der Waals surface area contributed by atoms with E-state index in [1.165, 1.54) is 0 Å². The molecule has 1 aromatic rings. The van der Waals surface area contributed by atoms with Gasteiger partial charge in [0.05, 0.1) is 32.0 Å². The number of hydrogen-bond acceptors (Lipinski definition) is 5. The lowest BCUT2D eigenvalue weighted by atomic mass is 9.75. The van der Waals surface area contributed by atoms with Crippen LogP contribution in [0.1, 0.15) is 24.5 Å². The van der Waals surface area contributed by atoms with Crippen molar-refractivity contribution >= 4 is 0 Å². The molecule has 4 rings (SSSR count). The summed E-state index contributed by atoms with van der Waals surface area (Å²) in [4.78, 5) is 0. The second kappa shape index (κ2) is 5.41. The topological polar surface area (TPSA) is 57.2 Å². The molecule has 1 saturated heterocycles. The molecule has 4 unspecified atom stereocenters. The molecule has 0 radical (unpaired) electrons. The number of rotatable bonds is 2. The maximum atomic E-state index is 10.5. The minimum Gasteiger partial charge on any atom is -0.497 e. The maximum Gasteiger partial charge on any atom is 0.128 e. The Morgan fingerprint density at radius 1 is 1.18 bits per heavy atom. The lowest BCUT2D eigenvalue weighted by molar-refractivity contribution is -0.127. The molecule has 0 amide bonds. The van der Waals surface area contributed by atoms with E-state index in [1.807, 2.05) is 18.2 Å². The second-order valence-electron chi connectivity index (χ2n) is 6.41. The number of ether oxygens (including phenoxy) is 4. The van der Waals surface area contributed by atoms with Crippen LogP contribution in [0.3, 0.4) is 0 Å². The Kier molecular flexibility index (Phi) is 3.51. The normalized spacial score (nSPS) is 39.4. The lowest BCUT2D eigenvalue weighted by Gasteiger charge is -2.36. The van der Waals surface area contributed by atoms with Crippen molar-refractivity contribution < 1.29 is 24.1 Å². The number of benzene rings is 1. The summed E-state index contributed by atoms with van der Waals surface area (Å²) in [6.07, 6.45) is 1.03. The van der Waals surface area contributed by atoms with E-state index in [0.717, 1.165) is 29.9 Å². The highest BCUT2D eigenvalue weighted by Crippen LogP contribution is 2.52. The van der Waals surface area contributed by atoms with Gasteiger partial charge in [-0.2, -0.15) is 0 Å². The molecular weight excluding hydrogens is 284 g/mol. The van der Waals surface area contributed by atoms with Crippen molar-refractivity contribution in [2.45, 2.75) is 37.3 Å². The summed E-state index contributed by atoms with van der Waals surface area (Å²) < 4.78 is 22.8. The largest absolute Gasteiger partial charge is 0.497 e. The van der Waals surface area contributed by atoms with Gasteiger partial charge in [0.1, 0.15) is 17.6 Å². The molecule has 22 heavy (non-hydrogen) atoms. The summed E-state index contributed by atoms with van der Waals surface area (Å²) in [5.74, 6) is 2.25. The Hall–Kier alpha value is -1.30. The first-order chi connectivity index (χ1) is 10.7. The molecule has 120 valence electrons. The third kappa shape index (κ3) is 2.03. The quantitative estimate of drug-likeness (QED) is 0.905. The van der Waals surface area contributed by atoms with Crippen LogP contribution in [0, 0.1) is 11.8 Å². The average Bonchev–Trinajstić information content (AvgIpc) is 2.94. The minimum absolute atomic E-state index is 0.00471. The summed E-state index contributed by atoms with van der Waals surface area (Å²) in [5.41, 5.74) is 1.06. The van der Waals surface area contributed by atoms with E-state index < -0.39 is 6.10 Å². The maximum absolute atomic E-state index is 10.5. The number of methoxy groups -OCH3 is 2. The van der Waals surface area contributed by atoms with Gasteiger partial charge in [-0.25, -0.2) is 0 Å². The first-order valence-corrected chi connectivity index (χ1v) is 7.90. The van der Waals surface area contributed by atoms with Crippen LogP contribution in [0.4, 0.5) is 0 Å². The molecule has 2 heterocycles. The van der Waals surface area contributed by atoms with Crippen LogP contribution in [0.25, 0.3) is 0 Å². The Morgan fingerprint density at radius 2 is 2.05 bits per heavy atom. The van der Waals surface area contributed by atoms with Crippen molar-refractivity contribution in [1.29, 1.82) is 0 Å². The lowest BCUT2D eigenvalue weighted by Crippen LogP contribution is -2.47. The zero-order valence-electron chi connectivity index (χ0n) is 12.9. The smallest absolute Gasteiger partial charge is 0.128 e. The molecule has 0 aromatic heterocycles. The van der Waals surface area contributed by atoms with Gasteiger partial charge in [-0.05, 0) is 30.9 Å². The van der Waals surface area contributed by atoms with Crippen LogP contribution in [-0.2, 0) is 9.47 Å². The number of aliphatic hydroxyl groups is 1. The van der Waals surface area contributed by atoms with Crippen molar-refractivity contribution in [1.82, 2.24) is 0 Å². The predicted molar refractivity (Wildman–Crippen MR) is 79.1 cm³/mol. The average molecular weight is 306 g/mol. The highest BCUT2D eigenvalue weighted by atomic mass is 16.5. The molecule has 5 heteroatoms. The van der Waals surface area contributed by atoms with Gasteiger partial charge in [-0.15, -0.1) is 0 Å². The van der Waals surface area contributed by atoms with Gasteiger partial charge in [0.15, 0.2) is 0 Å². The van der Waals surface area contributed by atoms with E-state index in [-0.39, 0.29) is 18.3 Å². The Labute approximate surface area is 130 Å². The molecule has 5 nitrogen and oxygen atoms in total. The van der Waals surface area contributed by atoms with Crippen LogP contribution >= 0.6 is 0 Å². The Morgan fingerprint density at radius 3 is 2.82 bits per heavy atom. The van der Waals surface area contributed by atoms with Crippen LogP contribution in [-0.4, -0.2) is 44.2 Å². The molecule has 6 atom stereocenters. The van der Waals surface area contributed by atoms with Gasteiger partial charge in [-0.3, -0.25) is 0 Å². The zero-order valence-corrected chi connectivity index (χ0v) is 12.9. The van der Waals surface area contributed by atoms with Gasteiger partial charge in [-0.1, -0.05) is 0 Å². The van der Waals surface area contributed by atoms with Crippen LogP contribution < -0.4 is 9.47 Å². The molecule has 1 N–H and O–H groups in total. The van der Waals surface area contributed by atoms with Crippen molar-refractivity contribution in [3.63, 3.8) is 0 Å². The molecule has 1 saturated carbocycles. The number of fused-ring (bicyclic) bond motifs is 5. The number of hydrogen-bond donors (Lipinski definition) is 1. The molecule has 2 fully saturated rings. The Balaban J connectivity index is 1.64. The summed E-state index contributed by atoms with van der Waals surface area (Å²) in [5, 5.41) is 10.5. The highest BCUT2D eigenvalue weighted by molar-refractivity contribution is 5.44. The second-order valence-corrected chi connectivity index (χ2v) is 6.41. The van der Waals surface area contributed by atoms with Crippen LogP contribution in [0.15, 0.2) is 18.2 Å². The van der Waals surface area contributed by atoms with Crippen LogP contribution in [0.5, 0.6) is 11.5 Å². The highest BCUT2D eigenvalue weighted by Gasteiger charge is 2.53. The Bertz CT molecular complexity index is 560. The summed E-state index contributed by atoms with van der Waals surface area (Å²) in [6.45, 7) is 0.635. The van der Waals surface area contributed by atoms with E-state index in [1.54, 1.807) is 14.2 Å². The molecule has 0 bridgehead atoms. The molecule has 2 aliphatic heterocycles. The summed E-state index contributed by atoms with van der Waals surface area (Å²) in [6, 6.07) is 5.86. The fourth-order valence-corrected chi connectivity index (χ4v) is 4.25. The van der Waals surface area contributed by atoms with E-state index in [4.69, 9.17) is 18.9 Å². The zero-order chi connectivity index (χ0) is 15.3. The van der Waals surface area contributed by atoms with Crippen molar-refractivity contribution in [2.75, 3.05) is 20.8 Å². The predicted octanol–water partition coefficient (Wildman–Crippen LogP) is 1.93. The fourth-order valence-electron chi connectivity index (χ4n) is 4.25. The van der Waals surface area contributed by atoms with E-state index in [2.05, 4.69) is 0 Å². The van der Waals surface area contributed by atoms with Gasteiger partial charge in [0.2, 0.25) is 0 Å². The molecule has 0 spiro atoms. The summed E-state index contributed by atoms with van der Waals surface area (Å²) >= 11 is 0. The van der Waals surface area contributed by atoms with Gasteiger partial charge in [0.25, 0.3) is 0 Å². The van der Waals surface area contributed by atoms with E-state index in [9.17, 15) is 5.11 Å². The monoisotopic (exact) mass is 306 g/mol. The first kappa shape index (κ1) is 14.3. The fraction of sp³-hybridized carbons (Fsp3) is 0.647. The number of aliphatic hydroxyl groups excluding tert-OH is 1. The molecule has 1 aliphatic carbocycles. The third-order valence-electron chi connectivity index (χ3n) is 5.43. The standard InChI is InChI=1S/C17H22O5/c1-19-9-3-4-11-14(7-9)21-8-12-10-5-6-13(20-2)15(18)17(10)22-16(11)12/h3-4,7,10,12-13,15-18H,5-6,8H2,1-2H3/t10?,12-,13?,15?,16-,17?/m0/s1.